The first-order valence-electron chi connectivity index (χ1n) is 4.24. The molecule has 0 aliphatic rings. The van der Waals surface area contributed by atoms with Crippen LogP contribution in [0.25, 0.3) is 10.9 Å². The maximum Gasteiger partial charge on any atom is 0.356 e. The van der Waals surface area contributed by atoms with Gasteiger partial charge in [-0.15, -0.1) is 0 Å². The number of carbonyl (C=O) groups is 1. The lowest BCUT2D eigenvalue weighted by atomic mass is 10.3. The van der Waals surface area contributed by atoms with Gasteiger partial charge < -0.3 is 9.72 Å². The molecule has 1 N–H and O–H groups in total. The van der Waals surface area contributed by atoms with Crippen molar-refractivity contribution in [1.82, 2.24) is 9.97 Å². The number of H-pyrrole nitrogens is 1. The van der Waals surface area contributed by atoms with Gasteiger partial charge in [0.1, 0.15) is 5.69 Å². The Morgan fingerprint density at radius 2 is 2.29 bits per heavy atom. The summed E-state index contributed by atoms with van der Waals surface area (Å²) in [6, 6.07) is 3.66. The number of hydrogen-bond donors (Lipinski definition) is 1. The van der Waals surface area contributed by atoms with Crippen LogP contribution in [0.3, 0.4) is 0 Å². The number of nitrogens with zero attached hydrogens (tertiary/aromatic N) is 1. The van der Waals surface area contributed by atoms with Crippen LogP contribution < -0.4 is 0 Å². The molecule has 0 amide bonds. The first-order valence-corrected chi connectivity index (χ1v) is 4.24. The molecule has 14 heavy (non-hydrogen) atoms. The molecule has 4 heteroatoms. The molecule has 0 aromatic carbocycles. The highest BCUT2D eigenvalue weighted by Gasteiger charge is 2.08. The third-order valence-corrected chi connectivity index (χ3v) is 2.03. The number of rotatable bonds is 1. The van der Waals surface area contributed by atoms with E-state index >= 15 is 0 Å². The minimum absolute atomic E-state index is 0.321. The zero-order valence-electron chi connectivity index (χ0n) is 8.00. The smallest absolute Gasteiger partial charge is 0.356 e. The zero-order chi connectivity index (χ0) is 10.1. The van der Waals surface area contributed by atoms with Crippen molar-refractivity contribution in [1.29, 1.82) is 0 Å². The van der Waals surface area contributed by atoms with Crippen LogP contribution in [0.1, 0.15) is 16.2 Å². The maximum atomic E-state index is 11.2. The Morgan fingerprint density at radius 1 is 1.50 bits per heavy atom. The summed E-state index contributed by atoms with van der Waals surface area (Å²) in [4.78, 5) is 18.3. The average molecular weight is 190 g/mol. The Balaban J connectivity index is 2.55. The van der Waals surface area contributed by atoms with Crippen molar-refractivity contribution < 1.29 is 9.53 Å². The minimum Gasteiger partial charge on any atom is -0.464 e. The molecule has 0 unspecified atom stereocenters. The summed E-state index contributed by atoms with van der Waals surface area (Å²) >= 11 is 0. The number of carbonyl (C=O) groups excluding carboxylic acids is 1. The fourth-order valence-corrected chi connectivity index (χ4v) is 1.39. The molecule has 0 atom stereocenters. The van der Waals surface area contributed by atoms with Gasteiger partial charge in [0, 0.05) is 22.8 Å². The van der Waals surface area contributed by atoms with E-state index in [-0.39, 0.29) is 0 Å². The monoisotopic (exact) mass is 190 g/mol. The van der Waals surface area contributed by atoms with Crippen LogP contribution in [0.15, 0.2) is 18.3 Å². The average Bonchev–Trinajstić information content (AvgIpc) is 2.55. The van der Waals surface area contributed by atoms with Gasteiger partial charge in [0.25, 0.3) is 0 Å². The molecular formula is C10H10N2O2. The van der Waals surface area contributed by atoms with E-state index in [0.29, 0.717) is 5.69 Å². The fraction of sp³-hybridized carbons (Fsp3) is 0.200. The van der Waals surface area contributed by atoms with E-state index in [9.17, 15) is 4.79 Å². The van der Waals surface area contributed by atoms with Crippen LogP contribution in [-0.2, 0) is 4.74 Å². The number of hydrogen-bond acceptors (Lipinski definition) is 3. The molecule has 2 aromatic rings. The summed E-state index contributed by atoms with van der Waals surface area (Å²) < 4.78 is 4.58. The Morgan fingerprint density at radius 3 is 3.00 bits per heavy atom. The Hall–Kier alpha value is -1.84. The molecule has 0 aliphatic carbocycles. The van der Waals surface area contributed by atoms with Gasteiger partial charge in [-0.1, -0.05) is 0 Å². The zero-order valence-corrected chi connectivity index (χ0v) is 8.00. The molecule has 0 fully saturated rings. The maximum absolute atomic E-state index is 11.2. The standard InChI is InChI=1S/C10H10N2O2/c1-6-3-7-5-11-9(10(13)14-2)4-8(7)12-6/h3-5,12H,1-2H3. The second-order valence-corrected chi connectivity index (χ2v) is 3.10. The quantitative estimate of drug-likeness (QED) is 0.696. The predicted molar refractivity (Wildman–Crippen MR) is 52.2 cm³/mol. The van der Waals surface area contributed by atoms with Crippen molar-refractivity contribution in [3.05, 3.63) is 29.7 Å². The SMILES string of the molecule is COC(=O)c1cc2[nH]c(C)cc2cn1. The van der Waals surface area contributed by atoms with E-state index < -0.39 is 5.97 Å². The van der Waals surface area contributed by atoms with Crippen LogP contribution >= 0.6 is 0 Å². The van der Waals surface area contributed by atoms with E-state index in [1.807, 2.05) is 13.0 Å². The van der Waals surface area contributed by atoms with E-state index in [0.717, 1.165) is 16.6 Å². The first-order chi connectivity index (χ1) is 6.70. The van der Waals surface area contributed by atoms with Gasteiger partial charge in [-0.25, -0.2) is 9.78 Å². The molecule has 2 rings (SSSR count). The van der Waals surface area contributed by atoms with Gasteiger partial charge in [-0.3, -0.25) is 0 Å². The van der Waals surface area contributed by atoms with Crippen LogP contribution in [0.5, 0.6) is 0 Å². The molecule has 0 aliphatic heterocycles. The summed E-state index contributed by atoms with van der Waals surface area (Å²) in [7, 11) is 1.34. The third-order valence-electron chi connectivity index (χ3n) is 2.03. The van der Waals surface area contributed by atoms with Crippen LogP contribution in [-0.4, -0.2) is 23.0 Å². The largest absolute Gasteiger partial charge is 0.464 e. The molecular weight excluding hydrogens is 180 g/mol. The lowest BCUT2D eigenvalue weighted by Gasteiger charge is -1.97. The number of esters is 1. The minimum atomic E-state index is -0.417. The second-order valence-electron chi connectivity index (χ2n) is 3.10. The third kappa shape index (κ3) is 1.35. The summed E-state index contributed by atoms with van der Waals surface area (Å²) in [6.07, 6.45) is 1.66. The molecule has 0 saturated heterocycles. The number of methoxy groups -OCH3 is 1. The van der Waals surface area contributed by atoms with Crippen molar-refractivity contribution in [2.45, 2.75) is 6.92 Å². The molecule has 4 nitrogen and oxygen atoms in total. The summed E-state index contributed by atoms with van der Waals surface area (Å²) in [5.74, 6) is -0.417. The van der Waals surface area contributed by atoms with Crippen molar-refractivity contribution in [2.75, 3.05) is 7.11 Å². The number of aromatic amines is 1. The van der Waals surface area contributed by atoms with Gasteiger partial charge in [-0.05, 0) is 19.1 Å². The van der Waals surface area contributed by atoms with E-state index in [4.69, 9.17) is 0 Å². The number of fused-ring (bicyclic) bond motifs is 1. The van der Waals surface area contributed by atoms with Crippen molar-refractivity contribution in [3.63, 3.8) is 0 Å². The number of pyridine rings is 1. The summed E-state index contributed by atoms with van der Waals surface area (Å²) in [6.45, 7) is 1.96. The van der Waals surface area contributed by atoms with Crippen molar-refractivity contribution in [3.8, 4) is 0 Å². The van der Waals surface area contributed by atoms with Gasteiger partial charge in [-0.2, -0.15) is 0 Å². The highest BCUT2D eigenvalue weighted by atomic mass is 16.5. The van der Waals surface area contributed by atoms with Crippen LogP contribution in [0, 0.1) is 6.92 Å². The molecule has 0 saturated carbocycles. The topological polar surface area (TPSA) is 55.0 Å². The highest BCUT2D eigenvalue weighted by Crippen LogP contribution is 2.14. The van der Waals surface area contributed by atoms with Gasteiger partial charge in [0.05, 0.1) is 7.11 Å². The van der Waals surface area contributed by atoms with Gasteiger partial charge in [0.15, 0.2) is 0 Å². The summed E-state index contributed by atoms with van der Waals surface area (Å²) in [5, 5.41) is 0.996. The highest BCUT2D eigenvalue weighted by molar-refractivity contribution is 5.92. The predicted octanol–water partition coefficient (Wildman–Crippen LogP) is 1.66. The van der Waals surface area contributed by atoms with E-state index in [1.54, 1.807) is 12.3 Å². The molecule has 2 aromatic heterocycles. The Labute approximate surface area is 80.9 Å². The molecule has 0 radical (unpaired) electrons. The molecule has 0 spiro atoms. The lowest BCUT2D eigenvalue weighted by Crippen LogP contribution is -2.03. The normalized spacial score (nSPS) is 10.4. The molecule has 72 valence electrons. The van der Waals surface area contributed by atoms with Gasteiger partial charge >= 0.3 is 5.97 Å². The number of ether oxygens (including phenoxy) is 1. The second kappa shape index (κ2) is 3.14. The summed E-state index contributed by atoms with van der Waals surface area (Å²) in [5.41, 5.74) is 2.27. The van der Waals surface area contributed by atoms with Gasteiger partial charge in [0.2, 0.25) is 0 Å². The number of aryl methyl sites for hydroxylation is 1. The number of aromatic nitrogens is 2. The fourth-order valence-electron chi connectivity index (χ4n) is 1.39. The van der Waals surface area contributed by atoms with Crippen molar-refractivity contribution in [2.24, 2.45) is 0 Å². The molecule has 2 heterocycles. The lowest BCUT2D eigenvalue weighted by molar-refractivity contribution is 0.0594. The molecule has 0 bridgehead atoms. The Kier molecular flexibility index (Phi) is 1.96. The van der Waals surface area contributed by atoms with Crippen molar-refractivity contribution >= 4 is 16.9 Å². The first kappa shape index (κ1) is 8.74. The Bertz CT molecular complexity index is 488. The van der Waals surface area contributed by atoms with Crippen LogP contribution in [0.4, 0.5) is 0 Å². The number of nitrogens with one attached hydrogen (secondary N) is 1. The van der Waals surface area contributed by atoms with E-state index in [1.165, 1.54) is 7.11 Å². The van der Waals surface area contributed by atoms with E-state index in [2.05, 4.69) is 14.7 Å². The van der Waals surface area contributed by atoms with Crippen LogP contribution in [0.2, 0.25) is 0 Å².